The minimum absolute atomic E-state index is 0. The maximum atomic E-state index is 12.7. The van der Waals surface area contributed by atoms with Gasteiger partial charge in [0.05, 0.1) is 10.6 Å². The summed E-state index contributed by atoms with van der Waals surface area (Å²) in [6, 6.07) is 13.3. The lowest BCUT2D eigenvalue weighted by Gasteiger charge is -2.27. The van der Waals surface area contributed by atoms with E-state index in [0.717, 1.165) is 13.0 Å². The van der Waals surface area contributed by atoms with Crippen LogP contribution in [0.1, 0.15) is 47.8 Å². The van der Waals surface area contributed by atoms with Gasteiger partial charge in [0.1, 0.15) is 0 Å². The van der Waals surface area contributed by atoms with E-state index >= 15 is 0 Å². The van der Waals surface area contributed by atoms with Crippen molar-refractivity contribution in [3.63, 3.8) is 0 Å². The van der Waals surface area contributed by atoms with Crippen LogP contribution in [0.25, 0.3) is 0 Å². The van der Waals surface area contributed by atoms with Crippen LogP contribution in [0.3, 0.4) is 0 Å². The fourth-order valence-electron chi connectivity index (χ4n) is 3.42. The molecule has 5 nitrogen and oxygen atoms in total. The van der Waals surface area contributed by atoms with Gasteiger partial charge in [0.25, 0.3) is 5.91 Å². The van der Waals surface area contributed by atoms with Gasteiger partial charge >= 0.3 is 0 Å². The Kier molecular flexibility index (Phi) is 8.50. The second-order valence-electron chi connectivity index (χ2n) is 7.51. The average molecular weight is 436 g/mol. The lowest BCUT2D eigenvalue weighted by molar-refractivity contribution is -0.116. The van der Waals surface area contributed by atoms with Gasteiger partial charge in [-0.1, -0.05) is 49.7 Å². The first-order valence-electron chi connectivity index (χ1n) is 9.63. The standard InChI is InChI=1S/C22H26ClN3O2.ClH/c1-14(2)11-21(27)26-16-7-8-19(23)18(12-16)22(28)25-13-20-17-6-4-3-5-15(17)9-10-24-20;/h3-8,12,14,20,24H,9-11,13H2,1-2H3,(H,25,28)(H,26,27);1H. The summed E-state index contributed by atoms with van der Waals surface area (Å²) in [5.74, 6) is -0.0672. The molecular formula is C22H27Cl2N3O2. The Labute approximate surface area is 183 Å². The molecule has 0 bridgehead atoms. The number of hydrogen-bond donors (Lipinski definition) is 3. The molecule has 156 valence electrons. The van der Waals surface area contributed by atoms with Crippen LogP contribution in [0.5, 0.6) is 0 Å². The second-order valence-corrected chi connectivity index (χ2v) is 7.91. The first-order valence-corrected chi connectivity index (χ1v) is 10.0. The zero-order valence-corrected chi connectivity index (χ0v) is 18.2. The molecule has 2 aromatic rings. The summed E-state index contributed by atoms with van der Waals surface area (Å²) >= 11 is 6.23. The Morgan fingerprint density at radius 1 is 1.21 bits per heavy atom. The van der Waals surface area contributed by atoms with Crippen molar-refractivity contribution in [1.29, 1.82) is 0 Å². The highest BCUT2D eigenvalue weighted by Gasteiger charge is 2.20. The van der Waals surface area contributed by atoms with Gasteiger partial charge in [-0.25, -0.2) is 0 Å². The molecule has 1 aliphatic rings. The lowest BCUT2D eigenvalue weighted by Crippen LogP contribution is -2.38. The highest BCUT2D eigenvalue weighted by atomic mass is 35.5. The molecule has 0 aromatic heterocycles. The molecule has 1 aliphatic heterocycles. The largest absolute Gasteiger partial charge is 0.350 e. The number of carbonyl (C=O) groups is 2. The lowest BCUT2D eigenvalue weighted by atomic mass is 9.94. The predicted molar refractivity (Wildman–Crippen MR) is 120 cm³/mol. The van der Waals surface area contributed by atoms with Crippen molar-refractivity contribution in [2.45, 2.75) is 32.7 Å². The van der Waals surface area contributed by atoms with Gasteiger partial charge < -0.3 is 16.0 Å². The quantitative estimate of drug-likeness (QED) is 0.630. The van der Waals surface area contributed by atoms with Crippen LogP contribution in [0.15, 0.2) is 42.5 Å². The van der Waals surface area contributed by atoms with Crippen LogP contribution < -0.4 is 16.0 Å². The van der Waals surface area contributed by atoms with E-state index in [2.05, 4.69) is 28.1 Å². The van der Waals surface area contributed by atoms with E-state index in [1.54, 1.807) is 18.2 Å². The van der Waals surface area contributed by atoms with Gasteiger partial charge in [-0.15, -0.1) is 12.4 Å². The number of benzene rings is 2. The summed E-state index contributed by atoms with van der Waals surface area (Å²) in [6.07, 6.45) is 1.42. The molecule has 3 rings (SSSR count). The minimum atomic E-state index is -0.255. The normalized spacial score (nSPS) is 15.2. The molecule has 3 N–H and O–H groups in total. The number of nitrogens with one attached hydrogen (secondary N) is 3. The van der Waals surface area contributed by atoms with E-state index in [-0.39, 0.29) is 36.2 Å². The van der Waals surface area contributed by atoms with E-state index < -0.39 is 0 Å². The number of amides is 2. The van der Waals surface area contributed by atoms with Gasteiger partial charge in [-0.05, 0) is 48.2 Å². The highest BCUT2D eigenvalue weighted by Crippen LogP contribution is 2.23. The van der Waals surface area contributed by atoms with Crippen LogP contribution in [0.2, 0.25) is 5.02 Å². The van der Waals surface area contributed by atoms with Crippen LogP contribution >= 0.6 is 24.0 Å². The van der Waals surface area contributed by atoms with Gasteiger partial charge in [-0.3, -0.25) is 9.59 Å². The first kappa shape index (κ1) is 23.2. The Hall–Kier alpha value is -2.08. The Bertz CT molecular complexity index is 871. The first-order chi connectivity index (χ1) is 13.4. The maximum Gasteiger partial charge on any atom is 0.252 e. The predicted octanol–water partition coefficient (Wildman–Crippen LogP) is 4.36. The van der Waals surface area contributed by atoms with Crippen molar-refractivity contribution in [2.75, 3.05) is 18.4 Å². The van der Waals surface area contributed by atoms with E-state index in [4.69, 9.17) is 11.6 Å². The zero-order valence-electron chi connectivity index (χ0n) is 16.6. The van der Waals surface area contributed by atoms with Crippen LogP contribution in [-0.2, 0) is 11.2 Å². The summed E-state index contributed by atoms with van der Waals surface area (Å²) in [5, 5.41) is 9.59. The molecule has 0 spiro atoms. The fraction of sp³-hybridized carbons (Fsp3) is 0.364. The Morgan fingerprint density at radius 3 is 2.72 bits per heavy atom. The molecule has 7 heteroatoms. The molecule has 0 saturated carbocycles. The van der Waals surface area contributed by atoms with Gasteiger partial charge in [0.15, 0.2) is 0 Å². The summed E-state index contributed by atoms with van der Waals surface area (Å²) in [5.41, 5.74) is 3.46. The molecule has 29 heavy (non-hydrogen) atoms. The molecular weight excluding hydrogens is 409 g/mol. The molecule has 1 unspecified atom stereocenters. The van der Waals surface area contributed by atoms with Crippen LogP contribution in [-0.4, -0.2) is 24.9 Å². The third kappa shape index (κ3) is 6.20. The van der Waals surface area contributed by atoms with Crippen molar-refractivity contribution in [2.24, 2.45) is 5.92 Å². The number of fused-ring (bicyclic) bond motifs is 1. The SMILES string of the molecule is CC(C)CC(=O)Nc1ccc(Cl)c(C(=O)NCC2NCCc3ccccc32)c1.Cl. The third-order valence-corrected chi connectivity index (χ3v) is 5.10. The molecule has 0 saturated heterocycles. The topological polar surface area (TPSA) is 70.2 Å². The number of rotatable bonds is 6. The highest BCUT2D eigenvalue weighted by molar-refractivity contribution is 6.34. The van der Waals surface area contributed by atoms with Gasteiger partial charge in [0, 0.05) is 24.7 Å². The van der Waals surface area contributed by atoms with E-state index in [9.17, 15) is 9.59 Å². The van der Waals surface area contributed by atoms with Crippen molar-refractivity contribution in [1.82, 2.24) is 10.6 Å². The van der Waals surface area contributed by atoms with E-state index in [0.29, 0.717) is 29.2 Å². The monoisotopic (exact) mass is 435 g/mol. The Morgan fingerprint density at radius 2 is 1.97 bits per heavy atom. The molecule has 0 radical (unpaired) electrons. The van der Waals surface area contributed by atoms with Crippen molar-refractivity contribution in [3.05, 3.63) is 64.2 Å². The summed E-state index contributed by atoms with van der Waals surface area (Å²) in [7, 11) is 0. The van der Waals surface area contributed by atoms with E-state index in [1.165, 1.54) is 11.1 Å². The number of anilines is 1. The third-order valence-electron chi connectivity index (χ3n) is 4.77. The number of carbonyl (C=O) groups excluding carboxylic acids is 2. The number of halogens is 2. The van der Waals surface area contributed by atoms with Crippen molar-refractivity contribution in [3.8, 4) is 0 Å². The van der Waals surface area contributed by atoms with Crippen LogP contribution in [0.4, 0.5) is 5.69 Å². The molecule has 0 fully saturated rings. The molecule has 0 aliphatic carbocycles. The van der Waals surface area contributed by atoms with Crippen LogP contribution in [0, 0.1) is 5.92 Å². The zero-order chi connectivity index (χ0) is 20.1. The summed E-state index contributed by atoms with van der Waals surface area (Å²) in [6.45, 7) is 5.32. The summed E-state index contributed by atoms with van der Waals surface area (Å²) in [4.78, 5) is 24.7. The van der Waals surface area contributed by atoms with E-state index in [1.807, 2.05) is 26.0 Å². The molecule has 2 aromatic carbocycles. The van der Waals surface area contributed by atoms with Gasteiger partial charge in [0.2, 0.25) is 5.91 Å². The smallest absolute Gasteiger partial charge is 0.252 e. The molecule has 1 heterocycles. The van der Waals surface area contributed by atoms with Gasteiger partial charge in [-0.2, -0.15) is 0 Å². The minimum Gasteiger partial charge on any atom is -0.350 e. The van der Waals surface area contributed by atoms with Crippen molar-refractivity contribution >= 4 is 41.5 Å². The Balaban J connectivity index is 0.00000300. The molecule has 2 amide bonds. The average Bonchev–Trinajstić information content (AvgIpc) is 2.67. The second kappa shape index (κ2) is 10.6. The molecule has 1 atom stereocenters. The van der Waals surface area contributed by atoms with Crippen molar-refractivity contribution < 1.29 is 9.59 Å². The summed E-state index contributed by atoms with van der Waals surface area (Å²) < 4.78 is 0. The fourth-order valence-corrected chi connectivity index (χ4v) is 3.63. The maximum absolute atomic E-state index is 12.7. The number of hydrogen-bond acceptors (Lipinski definition) is 3.